The topological polar surface area (TPSA) is 97.4 Å². The highest BCUT2D eigenvalue weighted by Gasteiger charge is 2.29. The van der Waals surface area contributed by atoms with Crippen molar-refractivity contribution in [3.05, 3.63) is 77.9 Å². The van der Waals surface area contributed by atoms with E-state index in [1.54, 1.807) is 30.3 Å². The molecule has 2 heterocycles. The second-order valence-corrected chi connectivity index (χ2v) is 10.5. The average molecular weight is 510 g/mol. The lowest BCUT2D eigenvalue weighted by Gasteiger charge is -2.34. The summed E-state index contributed by atoms with van der Waals surface area (Å²) in [5.74, 6) is 1.52. The van der Waals surface area contributed by atoms with E-state index in [2.05, 4.69) is 10.2 Å². The van der Waals surface area contributed by atoms with Gasteiger partial charge in [-0.15, -0.1) is 0 Å². The summed E-state index contributed by atoms with van der Waals surface area (Å²) >= 11 is 0. The number of anilines is 1. The lowest BCUT2D eigenvalue weighted by atomic mass is 10.2. The summed E-state index contributed by atoms with van der Waals surface area (Å²) in [4.78, 5) is 15.0. The van der Waals surface area contributed by atoms with Crippen LogP contribution in [-0.2, 0) is 16.6 Å². The number of methoxy groups -OCH3 is 1. The van der Waals surface area contributed by atoms with Crippen LogP contribution in [0.1, 0.15) is 15.9 Å². The Morgan fingerprint density at radius 3 is 2.44 bits per heavy atom. The van der Waals surface area contributed by atoms with Crippen LogP contribution < -0.4 is 19.5 Å². The first-order valence-corrected chi connectivity index (χ1v) is 13.0. The molecular formula is C26H27N3O6S. The smallest absolute Gasteiger partial charge is 0.255 e. The van der Waals surface area contributed by atoms with E-state index in [0.717, 1.165) is 17.1 Å². The number of carbonyl (C=O) groups is 1. The molecule has 2 aliphatic rings. The molecule has 2 aliphatic heterocycles. The van der Waals surface area contributed by atoms with Gasteiger partial charge in [-0.3, -0.25) is 9.69 Å². The number of fused-ring (bicyclic) bond motifs is 1. The van der Waals surface area contributed by atoms with Crippen LogP contribution in [-0.4, -0.2) is 63.6 Å². The van der Waals surface area contributed by atoms with E-state index in [4.69, 9.17) is 14.2 Å². The fourth-order valence-corrected chi connectivity index (χ4v) is 5.75. The number of rotatable bonds is 7. The first-order chi connectivity index (χ1) is 17.4. The van der Waals surface area contributed by atoms with Gasteiger partial charge in [0.2, 0.25) is 16.8 Å². The van der Waals surface area contributed by atoms with Gasteiger partial charge in [0.1, 0.15) is 5.75 Å². The molecule has 1 N–H and O–H groups in total. The second-order valence-electron chi connectivity index (χ2n) is 8.55. The maximum Gasteiger partial charge on any atom is 0.255 e. The Hall–Kier alpha value is -3.60. The number of hydrogen-bond donors (Lipinski definition) is 1. The van der Waals surface area contributed by atoms with Crippen LogP contribution in [0.15, 0.2) is 71.6 Å². The molecule has 10 heteroatoms. The van der Waals surface area contributed by atoms with E-state index in [-0.39, 0.29) is 17.6 Å². The molecule has 0 radical (unpaired) electrons. The zero-order chi connectivity index (χ0) is 25.1. The number of amides is 1. The maximum atomic E-state index is 13.4. The highest BCUT2D eigenvalue weighted by Crippen LogP contribution is 2.33. The van der Waals surface area contributed by atoms with Crippen LogP contribution in [0.2, 0.25) is 0 Å². The number of ether oxygens (including phenoxy) is 3. The first kappa shape index (κ1) is 24.1. The van der Waals surface area contributed by atoms with E-state index in [0.29, 0.717) is 49.7 Å². The molecule has 1 fully saturated rings. The van der Waals surface area contributed by atoms with Gasteiger partial charge >= 0.3 is 0 Å². The minimum atomic E-state index is -3.75. The Labute approximate surface area is 210 Å². The van der Waals surface area contributed by atoms with E-state index >= 15 is 0 Å². The highest BCUT2D eigenvalue weighted by molar-refractivity contribution is 7.89. The van der Waals surface area contributed by atoms with Gasteiger partial charge in [0.05, 0.1) is 17.7 Å². The van der Waals surface area contributed by atoms with Gasteiger partial charge in [0.15, 0.2) is 11.5 Å². The summed E-state index contributed by atoms with van der Waals surface area (Å²) < 4.78 is 44.5. The number of nitrogens with zero attached hydrogens (tertiary/aromatic N) is 2. The van der Waals surface area contributed by atoms with E-state index in [9.17, 15) is 13.2 Å². The molecule has 1 amide bonds. The summed E-state index contributed by atoms with van der Waals surface area (Å²) in [6, 6.07) is 19.1. The molecule has 36 heavy (non-hydrogen) atoms. The standard InChI is InChI=1S/C26H27N3O6S/c1-33-23-10-8-21(16-22(23)27-26(30)20-5-3-2-4-6-20)36(31,32)29-13-11-28(12-14-29)17-19-7-9-24-25(15-19)35-18-34-24/h2-10,15-16H,11-14,17-18H2,1H3,(H,27,30). The van der Waals surface area contributed by atoms with Crippen molar-refractivity contribution in [1.82, 2.24) is 9.21 Å². The first-order valence-electron chi connectivity index (χ1n) is 11.6. The van der Waals surface area contributed by atoms with Gasteiger partial charge in [0.25, 0.3) is 5.91 Å². The van der Waals surface area contributed by atoms with Crippen molar-refractivity contribution in [2.75, 3.05) is 45.4 Å². The summed E-state index contributed by atoms with van der Waals surface area (Å²) in [5.41, 5.74) is 1.85. The van der Waals surface area contributed by atoms with Crippen LogP contribution in [0.3, 0.4) is 0 Å². The van der Waals surface area contributed by atoms with Crippen LogP contribution in [0.4, 0.5) is 5.69 Å². The number of benzene rings is 3. The molecule has 0 aromatic heterocycles. The van der Waals surface area contributed by atoms with Crippen LogP contribution >= 0.6 is 0 Å². The normalized spacial score (nSPS) is 16.0. The molecule has 188 valence electrons. The number of piperazine rings is 1. The van der Waals surface area contributed by atoms with Crippen LogP contribution in [0.5, 0.6) is 17.2 Å². The zero-order valence-corrected chi connectivity index (χ0v) is 20.7. The van der Waals surface area contributed by atoms with E-state index in [1.165, 1.54) is 23.5 Å². The average Bonchev–Trinajstić information content (AvgIpc) is 3.37. The van der Waals surface area contributed by atoms with Crippen molar-refractivity contribution >= 4 is 21.6 Å². The Kier molecular flexibility index (Phi) is 6.82. The molecule has 3 aromatic carbocycles. The molecule has 0 saturated carbocycles. The quantitative estimate of drug-likeness (QED) is 0.523. The Morgan fingerprint density at radius 1 is 0.944 bits per heavy atom. The third-order valence-corrected chi connectivity index (χ3v) is 8.16. The summed E-state index contributed by atoms with van der Waals surface area (Å²) in [5, 5.41) is 2.77. The molecule has 0 unspecified atom stereocenters. The lowest BCUT2D eigenvalue weighted by Crippen LogP contribution is -2.48. The number of hydrogen-bond acceptors (Lipinski definition) is 7. The Balaban J connectivity index is 1.26. The summed E-state index contributed by atoms with van der Waals surface area (Å²) in [6.45, 7) is 2.86. The Bertz CT molecular complexity index is 1360. The molecule has 3 aromatic rings. The van der Waals surface area contributed by atoms with Gasteiger partial charge in [0, 0.05) is 38.3 Å². The SMILES string of the molecule is COc1ccc(S(=O)(=O)N2CCN(Cc3ccc4c(c3)OCO4)CC2)cc1NC(=O)c1ccccc1. The van der Waals surface area contributed by atoms with Crippen molar-refractivity contribution in [3.8, 4) is 17.2 Å². The highest BCUT2D eigenvalue weighted by atomic mass is 32.2. The van der Waals surface area contributed by atoms with Crippen LogP contribution in [0, 0.1) is 0 Å². The minimum absolute atomic E-state index is 0.107. The third-order valence-electron chi connectivity index (χ3n) is 6.27. The fourth-order valence-electron chi connectivity index (χ4n) is 4.30. The fraction of sp³-hybridized carbons (Fsp3) is 0.269. The Morgan fingerprint density at radius 2 is 1.69 bits per heavy atom. The van der Waals surface area contributed by atoms with E-state index in [1.807, 2.05) is 24.3 Å². The lowest BCUT2D eigenvalue weighted by molar-refractivity contribution is 0.102. The molecule has 5 rings (SSSR count). The zero-order valence-electron chi connectivity index (χ0n) is 19.8. The van der Waals surface area contributed by atoms with Gasteiger partial charge in [-0.05, 0) is 48.0 Å². The number of nitrogens with one attached hydrogen (secondary N) is 1. The summed E-state index contributed by atoms with van der Waals surface area (Å²) in [6.07, 6.45) is 0. The number of sulfonamides is 1. The monoisotopic (exact) mass is 509 g/mol. The van der Waals surface area contributed by atoms with Gasteiger partial charge in [-0.2, -0.15) is 4.31 Å². The molecule has 0 aliphatic carbocycles. The summed E-state index contributed by atoms with van der Waals surface area (Å²) in [7, 11) is -2.28. The minimum Gasteiger partial charge on any atom is -0.495 e. The second kappa shape index (κ2) is 10.2. The van der Waals surface area contributed by atoms with Gasteiger partial charge < -0.3 is 19.5 Å². The molecule has 0 bridgehead atoms. The van der Waals surface area contributed by atoms with Crippen molar-refractivity contribution < 1.29 is 27.4 Å². The van der Waals surface area contributed by atoms with Crippen molar-refractivity contribution in [2.45, 2.75) is 11.4 Å². The number of carbonyl (C=O) groups excluding carboxylic acids is 1. The van der Waals surface area contributed by atoms with Gasteiger partial charge in [-0.25, -0.2) is 8.42 Å². The van der Waals surface area contributed by atoms with E-state index < -0.39 is 10.0 Å². The predicted octanol–water partition coefficient (Wildman–Crippen LogP) is 3.18. The molecule has 1 saturated heterocycles. The molecule has 9 nitrogen and oxygen atoms in total. The molecular weight excluding hydrogens is 482 g/mol. The van der Waals surface area contributed by atoms with Crippen molar-refractivity contribution in [2.24, 2.45) is 0 Å². The van der Waals surface area contributed by atoms with Crippen molar-refractivity contribution in [3.63, 3.8) is 0 Å². The largest absolute Gasteiger partial charge is 0.495 e. The van der Waals surface area contributed by atoms with Gasteiger partial charge in [-0.1, -0.05) is 24.3 Å². The maximum absolute atomic E-state index is 13.4. The third kappa shape index (κ3) is 5.01. The van der Waals surface area contributed by atoms with Crippen LogP contribution in [0.25, 0.3) is 0 Å². The molecule has 0 spiro atoms. The van der Waals surface area contributed by atoms with Crippen molar-refractivity contribution in [1.29, 1.82) is 0 Å². The predicted molar refractivity (Wildman–Crippen MR) is 134 cm³/mol. The molecule has 0 atom stereocenters.